The highest BCUT2D eigenvalue weighted by atomic mass is 16.6. The lowest BCUT2D eigenvalue weighted by atomic mass is 10.1. The first-order valence-corrected chi connectivity index (χ1v) is 9.07. The number of anilines is 2. The quantitative estimate of drug-likeness (QED) is 0.838. The molecule has 1 atom stereocenters. The third kappa shape index (κ3) is 3.35. The summed E-state index contributed by atoms with van der Waals surface area (Å²) in [4.78, 5) is 28.7. The van der Waals surface area contributed by atoms with E-state index >= 15 is 0 Å². The first-order chi connectivity index (χ1) is 13.0. The minimum atomic E-state index is -0.364. The van der Waals surface area contributed by atoms with Crippen molar-refractivity contribution in [1.29, 1.82) is 0 Å². The zero-order chi connectivity index (χ0) is 19.0. The molecule has 1 saturated heterocycles. The largest absolute Gasteiger partial charge is 0.486 e. The fourth-order valence-electron chi connectivity index (χ4n) is 3.49. The highest BCUT2D eigenvalue weighted by molar-refractivity contribution is 6.04. The van der Waals surface area contributed by atoms with Crippen LogP contribution in [0.3, 0.4) is 0 Å². The van der Waals surface area contributed by atoms with Gasteiger partial charge in [-0.2, -0.15) is 0 Å². The van der Waals surface area contributed by atoms with Gasteiger partial charge in [0.2, 0.25) is 11.8 Å². The molecular weight excluding hydrogens is 344 g/mol. The number of amides is 2. The number of hydrogen-bond acceptors (Lipinski definition) is 4. The maximum absolute atomic E-state index is 12.9. The number of nitrogens with zero attached hydrogens (tertiary/aromatic N) is 2. The maximum atomic E-state index is 12.9. The Kier molecular flexibility index (Phi) is 4.48. The van der Waals surface area contributed by atoms with E-state index in [1.807, 2.05) is 49.4 Å². The molecule has 6 nitrogen and oxygen atoms in total. The number of rotatable bonds is 3. The lowest BCUT2D eigenvalue weighted by Crippen LogP contribution is -2.34. The Morgan fingerprint density at radius 1 is 1.07 bits per heavy atom. The Morgan fingerprint density at radius 2 is 1.78 bits per heavy atom. The molecule has 140 valence electrons. The zero-order valence-corrected chi connectivity index (χ0v) is 15.5. The molecule has 0 bridgehead atoms. The fraction of sp³-hybridized carbons (Fsp3) is 0.333. The van der Waals surface area contributed by atoms with E-state index < -0.39 is 0 Å². The van der Waals surface area contributed by atoms with Gasteiger partial charge in [-0.15, -0.1) is 0 Å². The van der Waals surface area contributed by atoms with Crippen molar-refractivity contribution in [3.8, 4) is 11.5 Å². The molecule has 6 heteroatoms. The van der Waals surface area contributed by atoms with E-state index in [0.717, 1.165) is 16.9 Å². The number of aryl methyl sites for hydroxylation is 1. The Bertz CT molecular complexity index is 878. The second-order valence-corrected chi connectivity index (χ2v) is 6.97. The minimum Gasteiger partial charge on any atom is -0.486 e. The topological polar surface area (TPSA) is 59.1 Å². The molecule has 0 N–H and O–H groups in total. The normalized spacial score (nSPS) is 18.5. The van der Waals surface area contributed by atoms with Crippen molar-refractivity contribution in [2.45, 2.75) is 13.3 Å². The molecule has 2 aromatic carbocycles. The van der Waals surface area contributed by atoms with E-state index in [1.54, 1.807) is 16.8 Å². The number of fused-ring (bicyclic) bond motifs is 1. The van der Waals surface area contributed by atoms with E-state index in [0.29, 0.717) is 31.3 Å². The van der Waals surface area contributed by atoms with Crippen LogP contribution in [0.2, 0.25) is 0 Å². The first kappa shape index (κ1) is 17.4. The van der Waals surface area contributed by atoms with Gasteiger partial charge in [-0.25, -0.2) is 0 Å². The van der Waals surface area contributed by atoms with Gasteiger partial charge in [0, 0.05) is 37.5 Å². The van der Waals surface area contributed by atoms with Crippen molar-refractivity contribution in [2.75, 3.05) is 36.6 Å². The number of carbonyl (C=O) groups excluding carboxylic acids is 2. The first-order valence-electron chi connectivity index (χ1n) is 9.07. The maximum Gasteiger partial charge on any atom is 0.232 e. The predicted octanol–water partition coefficient (Wildman–Crippen LogP) is 2.78. The van der Waals surface area contributed by atoms with Crippen LogP contribution in [-0.2, 0) is 9.59 Å². The highest BCUT2D eigenvalue weighted by Crippen LogP contribution is 2.36. The van der Waals surface area contributed by atoms with E-state index in [2.05, 4.69) is 0 Å². The molecule has 0 aromatic heterocycles. The molecule has 2 amide bonds. The van der Waals surface area contributed by atoms with Crippen LogP contribution in [0.4, 0.5) is 11.4 Å². The van der Waals surface area contributed by atoms with Crippen molar-refractivity contribution >= 4 is 23.2 Å². The van der Waals surface area contributed by atoms with Crippen LogP contribution < -0.4 is 19.3 Å². The number of carbonyl (C=O) groups is 2. The summed E-state index contributed by atoms with van der Waals surface area (Å²) in [5.74, 6) is 0.855. The highest BCUT2D eigenvalue weighted by Gasteiger charge is 2.37. The lowest BCUT2D eigenvalue weighted by molar-refractivity contribution is -0.124. The summed E-state index contributed by atoms with van der Waals surface area (Å²) in [5, 5.41) is 0. The standard InChI is InChI=1S/C21H22N2O4/c1-14-3-5-16(6-4-14)22(2)21(25)15-11-20(24)23(13-15)17-7-8-18-19(12-17)27-10-9-26-18/h3-8,12,15H,9-11,13H2,1-2H3. The number of hydrogen-bond donors (Lipinski definition) is 0. The molecule has 27 heavy (non-hydrogen) atoms. The Balaban J connectivity index is 1.50. The van der Waals surface area contributed by atoms with Crippen LogP contribution in [0.15, 0.2) is 42.5 Å². The smallest absolute Gasteiger partial charge is 0.232 e. The van der Waals surface area contributed by atoms with E-state index in [-0.39, 0.29) is 24.2 Å². The van der Waals surface area contributed by atoms with Crippen molar-refractivity contribution < 1.29 is 19.1 Å². The van der Waals surface area contributed by atoms with Gasteiger partial charge in [0.25, 0.3) is 0 Å². The molecule has 0 spiro atoms. The number of ether oxygens (including phenoxy) is 2. The Morgan fingerprint density at radius 3 is 2.52 bits per heavy atom. The van der Waals surface area contributed by atoms with Crippen molar-refractivity contribution in [2.24, 2.45) is 5.92 Å². The minimum absolute atomic E-state index is 0.0488. The van der Waals surface area contributed by atoms with Crippen LogP contribution in [-0.4, -0.2) is 38.6 Å². The molecule has 2 aliphatic heterocycles. The second-order valence-electron chi connectivity index (χ2n) is 6.97. The molecule has 1 fully saturated rings. The van der Waals surface area contributed by atoms with Crippen LogP contribution in [0.25, 0.3) is 0 Å². The third-order valence-electron chi connectivity index (χ3n) is 5.06. The zero-order valence-electron chi connectivity index (χ0n) is 15.5. The van der Waals surface area contributed by atoms with Gasteiger partial charge in [-0.3, -0.25) is 9.59 Å². The van der Waals surface area contributed by atoms with Gasteiger partial charge in [0.15, 0.2) is 11.5 Å². The van der Waals surface area contributed by atoms with Gasteiger partial charge in [-0.05, 0) is 31.2 Å². The predicted molar refractivity (Wildman–Crippen MR) is 102 cm³/mol. The van der Waals surface area contributed by atoms with Crippen LogP contribution in [0.5, 0.6) is 11.5 Å². The van der Waals surface area contributed by atoms with Gasteiger partial charge in [0.05, 0.1) is 5.92 Å². The van der Waals surface area contributed by atoms with Crippen LogP contribution >= 0.6 is 0 Å². The van der Waals surface area contributed by atoms with E-state index in [9.17, 15) is 9.59 Å². The summed E-state index contributed by atoms with van der Waals surface area (Å²) in [5.41, 5.74) is 2.70. The molecule has 0 aliphatic carbocycles. The summed E-state index contributed by atoms with van der Waals surface area (Å²) in [6.45, 7) is 3.39. The van der Waals surface area contributed by atoms with E-state index in [1.165, 1.54) is 0 Å². The molecule has 4 rings (SSSR count). The molecule has 0 saturated carbocycles. The molecular formula is C21H22N2O4. The summed E-state index contributed by atoms with van der Waals surface area (Å²) in [7, 11) is 1.75. The lowest BCUT2D eigenvalue weighted by Gasteiger charge is -2.23. The van der Waals surface area contributed by atoms with Crippen molar-refractivity contribution in [3.05, 3.63) is 48.0 Å². The van der Waals surface area contributed by atoms with E-state index in [4.69, 9.17) is 9.47 Å². The monoisotopic (exact) mass is 366 g/mol. The van der Waals surface area contributed by atoms with Gasteiger partial charge >= 0.3 is 0 Å². The van der Waals surface area contributed by atoms with Gasteiger partial charge in [0.1, 0.15) is 13.2 Å². The molecule has 2 heterocycles. The van der Waals surface area contributed by atoms with Crippen molar-refractivity contribution in [1.82, 2.24) is 0 Å². The Labute approximate surface area is 158 Å². The molecule has 1 unspecified atom stereocenters. The molecule has 2 aliphatic rings. The fourth-order valence-corrected chi connectivity index (χ4v) is 3.49. The second kappa shape index (κ2) is 6.95. The Hall–Kier alpha value is -3.02. The molecule has 0 radical (unpaired) electrons. The third-order valence-corrected chi connectivity index (χ3v) is 5.06. The number of benzene rings is 2. The average molecular weight is 366 g/mol. The summed E-state index contributed by atoms with van der Waals surface area (Å²) < 4.78 is 11.1. The molecule has 2 aromatic rings. The summed E-state index contributed by atoms with van der Waals surface area (Å²) in [6, 6.07) is 13.2. The summed E-state index contributed by atoms with van der Waals surface area (Å²) >= 11 is 0. The SMILES string of the molecule is Cc1ccc(N(C)C(=O)C2CC(=O)N(c3ccc4c(c3)OCCO4)C2)cc1. The summed E-state index contributed by atoms with van der Waals surface area (Å²) in [6.07, 6.45) is 0.212. The van der Waals surface area contributed by atoms with Gasteiger partial charge < -0.3 is 19.3 Å². The van der Waals surface area contributed by atoms with Crippen LogP contribution in [0, 0.1) is 12.8 Å². The van der Waals surface area contributed by atoms with Gasteiger partial charge in [-0.1, -0.05) is 17.7 Å². The van der Waals surface area contributed by atoms with Crippen molar-refractivity contribution in [3.63, 3.8) is 0 Å². The average Bonchev–Trinajstić information content (AvgIpc) is 3.08. The van der Waals surface area contributed by atoms with Crippen LogP contribution in [0.1, 0.15) is 12.0 Å².